The van der Waals surface area contributed by atoms with Gasteiger partial charge in [0, 0.05) is 12.1 Å². The number of aryl methyl sites for hydroxylation is 2. The van der Waals surface area contributed by atoms with E-state index >= 15 is 0 Å². The molecule has 2 aromatic rings. The summed E-state index contributed by atoms with van der Waals surface area (Å²) in [6.45, 7) is 6.81. The molecule has 0 aliphatic heterocycles. The van der Waals surface area contributed by atoms with Crippen molar-refractivity contribution in [1.29, 1.82) is 0 Å². The molecule has 0 bridgehead atoms. The first kappa shape index (κ1) is 11.9. The molecule has 0 aliphatic rings. The highest BCUT2D eigenvalue weighted by Gasteiger charge is 2.13. The number of rotatable bonds is 3. The molecule has 0 aliphatic carbocycles. The summed E-state index contributed by atoms with van der Waals surface area (Å²) in [5.41, 5.74) is 2.84. The van der Waals surface area contributed by atoms with Crippen LogP contribution in [0.1, 0.15) is 25.2 Å². The van der Waals surface area contributed by atoms with Gasteiger partial charge in [-0.2, -0.15) is 15.3 Å². The first-order valence-electron chi connectivity index (χ1n) is 5.66. The minimum atomic E-state index is 0.638. The van der Waals surface area contributed by atoms with Gasteiger partial charge in [-0.25, -0.2) is 0 Å². The van der Waals surface area contributed by atoms with Gasteiger partial charge in [-0.3, -0.25) is 5.10 Å². The van der Waals surface area contributed by atoms with Gasteiger partial charge in [-0.05, 0) is 38.6 Å². The van der Waals surface area contributed by atoms with Crippen molar-refractivity contribution in [2.75, 3.05) is 0 Å². The molecule has 0 aromatic carbocycles. The third-order valence-corrected chi connectivity index (χ3v) is 2.95. The second-order valence-electron chi connectivity index (χ2n) is 3.80. The lowest BCUT2D eigenvalue weighted by molar-refractivity contribution is 0.752. The lowest BCUT2D eigenvalue weighted by Gasteiger charge is -2.07. The van der Waals surface area contributed by atoms with Crippen molar-refractivity contribution >= 4 is 12.2 Å². The van der Waals surface area contributed by atoms with Crippen LogP contribution in [0.2, 0.25) is 0 Å². The maximum atomic E-state index is 5.19. The fourth-order valence-corrected chi connectivity index (χ4v) is 2.05. The number of nitrogens with one attached hydrogen (secondary N) is 1. The zero-order valence-corrected chi connectivity index (χ0v) is 11.0. The van der Waals surface area contributed by atoms with E-state index in [4.69, 9.17) is 12.2 Å². The van der Waals surface area contributed by atoms with E-state index in [1.807, 2.05) is 24.5 Å². The predicted octanol–water partition coefficient (Wildman–Crippen LogP) is 2.29. The lowest BCUT2D eigenvalue weighted by atomic mass is 10.1. The molecule has 0 fully saturated rings. The van der Waals surface area contributed by atoms with Crippen LogP contribution >= 0.6 is 12.2 Å². The van der Waals surface area contributed by atoms with Gasteiger partial charge in [0.25, 0.3) is 0 Å². The molecular formula is C11H15N5S. The number of hydrogen-bond donors (Lipinski definition) is 1. The van der Waals surface area contributed by atoms with E-state index in [2.05, 4.69) is 27.3 Å². The summed E-state index contributed by atoms with van der Waals surface area (Å²) in [6.07, 6.45) is 0.825. The summed E-state index contributed by atoms with van der Waals surface area (Å²) in [5.74, 6) is 0.840. The number of hydrogen-bond acceptors (Lipinski definition) is 4. The highest BCUT2D eigenvalue weighted by molar-refractivity contribution is 7.71. The fourth-order valence-electron chi connectivity index (χ4n) is 1.79. The highest BCUT2D eigenvalue weighted by atomic mass is 32.1. The molecule has 90 valence electrons. The third-order valence-electron chi connectivity index (χ3n) is 2.64. The summed E-state index contributed by atoms with van der Waals surface area (Å²) in [5, 5.41) is 15.4. The monoisotopic (exact) mass is 249 g/mol. The topological polar surface area (TPSA) is 59.4 Å². The van der Waals surface area contributed by atoms with Crippen LogP contribution in [0, 0.1) is 11.7 Å². The van der Waals surface area contributed by atoms with Gasteiger partial charge in [0.2, 0.25) is 0 Å². The standard InChI is InChI=1S/C11H15N5S/c1-4-9-8(6-7(3)12-13-9)10-14-15-11(17)16(10)5-2/h6H,4-5H2,1-3H3,(H,15,17). The Bertz CT molecular complexity index is 584. The molecule has 0 saturated heterocycles. The van der Waals surface area contributed by atoms with Crippen LogP contribution in [0.25, 0.3) is 11.4 Å². The smallest absolute Gasteiger partial charge is 0.195 e. The number of aromatic amines is 1. The van der Waals surface area contributed by atoms with Crippen molar-refractivity contribution in [2.45, 2.75) is 33.7 Å². The summed E-state index contributed by atoms with van der Waals surface area (Å²) >= 11 is 5.19. The van der Waals surface area contributed by atoms with Crippen LogP contribution in [0.15, 0.2) is 6.07 Å². The van der Waals surface area contributed by atoms with Crippen LogP contribution < -0.4 is 0 Å². The van der Waals surface area contributed by atoms with Gasteiger partial charge in [-0.15, -0.1) is 0 Å². The Labute approximate surface area is 105 Å². The van der Waals surface area contributed by atoms with Gasteiger partial charge >= 0.3 is 0 Å². The van der Waals surface area contributed by atoms with Gasteiger partial charge in [0.1, 0.15) is 0 Å². The van der Waals surface area contributed by atoms with E-state index in [0.717, 1.165) is 35.7 Å². The molecule has 0 atom stereocenters. The quantitative estimate of drug-likeness (QED) is 0.848. The van der Waals surface area contributed by atoms with E-state index in [1.165, 1.54) is 0 Å². The number of nitrogens with zero attached hydrogens (tertiary/aromatic N) is 4. The van der Waals surface area contributed by atoms with Crippen LogP contribution in [-0.4, -0.2) is 25.0 Å². The molecule has 2 aromatic heterocycles. The van der Waals surface area contributed by atoms with Gasteiger partial charge in [0.15, 0.2) is 10.6 Å². The second kappa shape index (κ2) is 4.75. The van der Waals surface area contributed by atoms with E-state index in [1.54, 1.807) is 0 Å². The van der Waals surface area contributed by atoms with Crippen molar-refractivity contribution in [1.82, 2.24) is 25.0 Å². The second-order valence-corrected chi connectivity index (χ2v) is 4.18. The van der Waals surface area contributed by atoms with Crippen LogP contribution in [0.3, 0.4) is 0 Å². The average molecular weight is 249 g/mol. The first-order chi connectivity index (χ1) is 8.17. The van der Waals surface area contributed by atoms with E-state index in [9.17, 15) is 0 Å². The molecule has 17 heavy (non-hydrogen) atoms. The Hall–Kier alpha value is -1.56. The van der Waals surface area contributed by atoms with E-state index in [-0.39, 0.29) is 0 Å². The maximum absolute atomic E-state index is 5.19. The van der Waals surface area contributed by atoms with Gasteiger partial charge < -0.3 is 4.57 Å². The maximum Gasteiger partial charge on any atom is 0.195 e. The normalized spacial score (nSPS) is 10.8. The van der Waals surface area contributed by atoms with Crippen molar-refractivity contribution in [2.24, 2.45) is 0 Å². The number of aromatic nitrogens is 5. The Morgan fingerprint density at radius 2 is 2.12 bits per heavy atom. The summed E-state index contributed by atoms with van der Waals surface area (Å²) in [4.78, 5) is 0. The Morgan fingerprint density at radius 1 is 1.35 bits per heavy atom. The first-order valence-corrected chi connectivity index (χ1v) is 6.07. The molecule has 0 spiro atoms. The van der Waals surface area contributed by atoms with Gasteiger partial charge in [-0.1, -0.05) is 6.92 Å². The Morgan fingerprint density at radius 3 is 2.76 bits per heavy atom. The molecule has 2 heterocycles. The van der Waals surface area contributed by atoms with Gasteiger partial charge in [0.05, 0.1) is 11.4 Å². The fraction of sp³-hybridized carbons (Fsp3) is 0.455. The largest absolute Gasteiger partial charge is 0.300 e. The van der Waals surface area contributed by atoms with E-state index < -0.39 is 0 Å². The molecule has 5 nitrogen and oxygen atoms in total. The zero-order valence-electron chi connectivity index (χ0n) is 10.2. The molecule has 0 amide bonds. The van der Waals surface area contributed by atoms with Crippen molar-refractivity contribution in [3.8, 4) is 11.4 Å². The summed E-state index contributed by atoms with van der Waals surface area (Å²) in [7, 11) is 0. The average Bonchev–Trinajstić information content (AvgIpc) is 2.70. The Balaban J connectivity index is 2.66. The predicted molar refractivity (Wildman–Crippen MR) is 68.2 cm³/mol. The molecule has 0 saturated carbocycles. The van der Waals surface area contributed by atoms with Crippen molar-refractivity contribution in [3.05, 3.63) is 22.2 Å². The molecule has 0 radical (unpaired) electrons. The molecule has 0 unspecified atom stereocenters. The van der Waals surface area contributed by atoms with Crippen LogP contribution in [0.5, 0.6) is 0 Å². The highest BCUT2D eigenvalue weighted by Crippen LogP contribution is 2.21. The summed E-state index contributed by atoms with van der Waals surface area (Å²) in [6, 6.07) is 2.00. The summed E-state index contributed by atoms with van der Waals surface area (Å²) < 4.78 is 2.60. The van der Waals surface area contributed by atoms with Crippen molar-refractivity contribution < 1.29 is 0 Å². The lowest BCUT2D eigenvalue weighted by Crippen LogP contribution is -2.03. The van der Waals surface area contributed by atoms with Crippen molar-refractivity contribution in [3.63, 3.8) is 0 Å². The third kappa shape index (κ3) is 2.12. The minimum absolute atomic E-state index is 0.638. The molecule has 1 N–H and O–H groups in total. The van der Waals surface area contributed by atoms with Crippen LogP contribution in [0.4, 0.5) is 0 Å². The molecule has 6 heteroatoms. The molecular weight excluding hydrogens is 234 g/mol. The molecule has 2 rings (SSSR count). The van der Waals surface area contributed by atoms with E-state index in [0.29, 0.717) is 4.77 Å². The number of H-pyrrole nitrogens is 1. The van der Waals surface area contributed by atoms with Crippen LogP contribution in [-0.2, 0) is 13.0 Å². The minimum Gasteiger partial charge on any atom is -0.300 e. The SMILES string of the molecule is CCc1nnc(C)cc1-c1n[nH]c(=S)n1CC. The Kier molecular flexibility index (Phi) is 3.33. The zero-order chi connectivity index (χ0) is 12.4.